The molecule has 0 spiro atoms. The van der Waals surface area contributed by atoms with Crippen LogP contribution in [0.1, 0.15) is 23.7 Å². The number of rotatable bonds is 4. The Bertz CT molecular complexity index is 485. The van der Waals surface area contributed by atoms with Gasteiger partial charge in [0.15, 0.2) is 0 Å². The Morgan fingerprint density at radius 3 is 2.60 bits per heavy atom. The van der Waals surface area contributed by atoms with Crippen LogP contribution < -0.4 is 5.32 Å². The summed E-state index contributed by atoms with van der Waals surface area (Å²) in [4.78, 5) is 13.7. The van der Waals surface area contributed by atoms with Crippen LogP contribution in [0.4, 0.5) is 14.5 Å². The van der Waals surface area contributed by atoms with Crippen molar-refractivity contribution in [3.63, 3.8) is 0 Å². The summed E-state index contributed by atoms with van der Waals surface area (Å²) in [6, 6.07) is 2.15. The normalized spacial score (nSPS) is 18.4. The van der Waals surface area contributed by atoms with Gasteiger partial charge in [0, 0.05) is 32.3 Å². The first-order valence-electron chi connectivity index (χ1n) is 6.61. The Morgan fingerprint density at radius 1 is 1.45 bits per heavy atom. The van der Waals surface area contributed by atoms with E-state index in [-0.39, 0.29) is 23.3 Å². The zero-order chi connectivity index (χ0) is 14.7. The Hall–Kier alpha value is -1.69. The van der Waals surface area contributed by atoms with Crippen molar-refractivity contribution in [2.45, 2.75) is 19.4 Å². The predicted octanol–water partition coefficient (Wildman–Crippen LogP) is 2.26. The molecule has 6 heteroatoms. The van der Waals surface area contributed by atoms with Crippen LogP contribution in [0.15, 0.2) is 12.1 Å². The molecule has 1 amide bonds. The minimum absolute atomic E-state index is 0.00493. The van der Waals surface area contributed by atoms with Gasteiger partial charge in [0.25, 0.3) is 5.91 Å². The summed E-state index contributed by atoms with van der Waals surface area (Å²) in [5.74, 6) is -1.87. The average molecular weight is 284 g/mol. The second kappa shape index (κ2) is 6.17. The summed E-state index contributed by atoms with van der Waals surface area (Å²) in [5.41, 5.74) is -0.168. The van der Waals surface area contributed by atoms with Crippen molar-refractivity contribution in [1.82, 2.24) is 4.90 Å². The minimum Gasteiger partial charge on any atom is -0.381 e. The number of likely N-dealkylation sites (tertiary alicyclic amines) is 1. The number of carbonyl (C=O) groups is 1. The summed E-state index contributed by atoms with van der Waals surface area (Å²) < 4.78 is 32.8. The van der Waals surface area contributed by atoms with Gasteiger partial charge in [-0.15, -0.1) is 0 Å². The number of anilines is 1. The second-order valence-corrected chi connectivity index (χ2v) is 4.74. The van der Waals surface area contributed by atoms with Gasteiger partial charge in [0.1, 0.15) is 17.3 Å². The summed E-state index contributed by atoms with van der Waals surface area (Å²) in [6.45, 7) is 3.14. The first-order valence-corrected chi connectivity index (χ1v) is 6.61. The number of nitrogens with one attached hydrogen (secondary N) is 1. The van der Waals surface area contributed by atoms with Crippen LogP contribution in [0.3, 0.4) is 0 Å². The molecule has 0 bridgehead atoms. The third-order valence-corrected chi connectivity index (χ3v) is 3.41. The molecule has 110 valence electrons. The third kappa shape index (κ3) is 2.90. The van der Waals surface area contributed by atoms with E-state index < -0.39 is 11.6 Å². The van der Waals surface area contributed by atoms with Crippen LogP contribution in [0.25, 0.3) is 0 Å². The maximum Gasteiger partial charge on any atom is 0.254 e. The molecule has 1 unspecified atom stereocenters. The molecule has 1 fully saturated rings. The maximum absolute atomic E-state index is 13.8. The van der Waals surface area contributed by atoms with Crippen LogP contribution in [0, 0.1) is 11.6 Å². The van der Waals surface area contributed by atoms with E-state index >= 15 is 0 Å². The molecule has 0 saturated carbocycles. The van der Waals surface area contributed by atoms with Crippen LogP contribution in [-0.2, 0) is 4.74 Å². The van der Waals surface area contributed by atoms with Gasteiger partial charge in [-0.25, -0.2) is 8.78 Å². The van der Waals surface area contributed by atoms with E-state index in [1.165, 1.54) is 0 Å². The van der Waals surface area contributed by atoms with Crippen molar-refractivity contribution < 1.29 is 18.3 Å². The van der Waals surface area contributed by atoms with Crippen LogP contribution >= 0.6 is 0 Å². The standard InChI is InChI=1S/C14H18F2N2O2/c1-3-17-13-11(15)6-9(7-12(13)16)14(19)18-5-4-10(8-18)20-2/h6-7,10,17H,3-5,8H2,1-2H3. The molecule has 0 aromatic heterocycles. The fraction of sp³-hybridized carbons (Fsp3) is 0.500. The molecular weight excluding hydrogens is 266 g/mol. The molecule has 20 heavy (non-hydrogen) atoms. The summed E-state index contributed by atoms with van der Waals surface area (Å²) in [7, 11) is 1.59. The number of halogens is 2. The molecule has 1 N–H and O–H groups in total. The van der Waals surface area contributed by atoms with Crippen LogP contribution in [0.2, 0.25) is 0 Å². The number of nitrogens with zero attached hydrogens (tertiary/aromatic N) is 1. The summed E-state index contributed by atoms with van der Waals surface area (Å²) in [5, 5.41) is 2.60. The largest absolute Gasteiger partial charge is 0.381 e. The van der Waals surface area contributed by atoms with Crippen molar-refractivity contribution in [3.8, 4) is 0 Å². The van der Waals surface area contributed by atoms with Gasteiger partial charge in [0.05, 0.1) is 6.10 Å². The number of benzene rings is 1. The van der Waals surface area contributed by atoms with Crippen molar-refractivity contribution >= 4 is 11.6 Å². The summed E-state index contributed by atoms with van der Waals surface area (Å²) in [6.07, 6.45) is 0.734. The van der Waals surface area contributed by atoms with E-state index in [9.17, 15) is 13.6 Å². The average Bonchev–Trinajstić information content (AvgIpc) is 2.90. The molecule has 0 radical (unpaired) electrons. The van der Waals surface area contributed by atoms with E-state index in [0.717, 1.165) is 18.6 Å². The molecule has 1 aliphatic rings. The third-order valence-electron chi connectivity index (χ3n) is 3.41. The highest BCUT2D eigenvalue weighted by atomic mass is 19.1. The van der Waals surface area contributed by atoms with E-state index in [4.69, 9.17) is 4.74 Å². The molecule has 4 nitrogen and oxygen atoms in total. The highest BCUT2D eigenvalue weighted by Crippen LogP contribution is 2.23. The molecule has 1 aliphatic heterocycles. The van der Waals surface area contributed by atoms with Crippen molar-refractivity contribution in [2.24, 2.45) is 0 Å². The summed E-state index contributed by atoms with van der Waals surface area (Å²) >= 11 is 0. The molecule has 1 aromatic carbocycles. The SMILES string of the molecule is CCNc1c(F)cc(C(=O)N2CCC(OC)C2)cc1F. The van der Waals surface area contributed by atoms with Gasteiger partial charge < -0.3 is 15.0 Å². The lowest BCUT2D eigenvalue weighted by atomic mass is 10.1. The van der Waals surface area contributed by atoms with E-state index in [0.29, 0.717) is 19.6 Å². The predicted molar refractivity (Wildman–Crippen MR) is 71.8 cm³/mol. The quantitative estimate of drug-likeness (QED) is 0.922. The lowest BCUT2D eigenvalue weighted by Crippen LogP contribution is -2.30. The second-order valence-electron chi connectivity index (χ2n) is 4.74. The van der Waals surface area contributed by atoms with Crippen molar-refractivity contribution in [3.05, 3.63) is 29.3 Å². The molecular formula is C14H18F2N2O2. The van der Waals surface area contributed by atoms with Crippen LogP contribution in [-0.4, -0.2) is 43.7 Å². The Labute approximate surface area is 116 Å². The zero-order valence-corrected chi connectivity index (χ0v) is 11.6. The van der Waals surface area contributed by atoms with Crippen molar-refractivity contribution in [1.29, 1.82) is 0 Å². The zero-order valence-electron chi connectivity index (χ0n) is 11.6. The smallest absolute Gasteiger partial charge is 0.254 e. The monoisotopic (exact) mass is 284 g/mol. The van der Waals surface area contributed by atoms with E-state index in [2.05, 4.69) is 5.32 Å². The Balaban J connectivity index is 2.19. The van der Waals surface area contributed by atoms with Gasteiger partial charge in [-0.3, -0.25) is 4.79 Å². The fourth-order valence-corrected chi connectivity index (χ4v) is 2.33. The van der Waals surface area contributed by atoms with Gasteiger partial charge in [-0.05, 0) is 25.5 Å². The van der Waals surface area contributed by atoms with Gasteiger partial charge in [-0.1, -0.05) is 0 Å². The number of hydrogen-bond donors (Lipinski definition) is 1. The first kappa shape index (κ1) is 14.7. The fourth-order valence-electron chi connectivity index (χ4n) is 2.33. The highest BCUT2D eigenvalue weighted by Gasteiger charge is 2.27. The number of carbonyl (C=O) groups excluding carboxylic acids is 1. The lowest BCUT2D eigenvalue weighted by molar-refractivity contribution is 0.0723. The lowest BCUT2D eigenvalue weighted by Gasteiger charge is -2.17. The first-order chi connectivity index (χ1) is 9.56. The molecule has 1 heterocycles. The van der Waals surface area contributed by atoms with Crippen LogP contribution in [0.5, 0.6) is 0 Å². The number of hydrogen-bond acceptors (Lipinski definition) is 3. The highest BCUT2D eigenvalue weighted by molar-refractivity contribution is 5.94. The van der Waals surface area contributed by atoms with Gasteiger partial charge >= 0.3 is 0 Å². The number of ether oxygens (including phenoxy) is 1. The Kier molecular flexibility index (Phi) is 4.54. The maximum atomic E-state index is 13.8. The van der Waals surface area contributed by atoms with Crippen molar-refractivity contribution in [2.75, 3.05) is 32.1 Å². The van der Waals surface area contributed by atoms with Gasteiger partial charge in [0.2, 0.25) is 0 Å². The van der Waals surface area contributed by atoms with Gasteiger partial charge in [-0.2, -0.15) is 0 Å². The molecule has 2 rings (SSSR count). The Morgan fingerprint density at radius 2 is 2.10 bits per heavy atom. The number of methoxy groups -OCH3 is 1. The topological polar surface area (TPSA) is 41.6 Å². The molecule has 1 saturated heterocycles. The van der Waals surface area contributed by atoms with E-state index in [1.54, 1.807) is 18.9 Å². The number of amides is 1. The molecule has 1 atom stereocenters. The molecule has 0 aliphatic carbocycles. The molecule has 1 aromatic rings. The minimum atomic E-state index is -0.752. The van der Waals surface area contributed by atoms with E-state index in [1.807, 2.05) is 0 Å².